The van der Waals surface area contributed by atoms with Crippen LogP contribution in [-0.4, -0.2) is 11.8 Å². The normalized spacial score (nSPS) is 18.1. The zero-order valence-corrected chi connectivity index (χ0v) is 14.6. The molecule has 142 valence electrons. The minimum Gasteiger partial charge on any atom is -0.203 e. The van der Waals surface area contributed by atoms with Gasteiger partial charge in [-0.05, 0) is 30.0 Å². The Morgan fingerprint density at radius 1 is 0.741 bits per heavy atom. The van der Waals surface area contributed by atoms with Crippen LogP contribution >= 0.6 is 0 Å². The van der Waals surface area contributed by atoms with E-state index in [0.29, 0.717) is 0 Å². The molecule has 0 aromatic heterocycles. The highest BCUT2D eigenvalue weighted by atomic mass is 19.3. The van der Waals surface area contributed by atoms with Crippen LogP contribution in [0.2, 0.25) is 0 Å². The van der Waals surface area contributed by atoms with E-state index in [1.165, 1.54) is 50.2 Å². The largest absolute Gasteiger partial charge is 0.339 e. The maximum absolute atomic E-state index is 14.4. The van der Waals surface area contributed by atoms with Crippen molar-refractivity contribution in [3.63, 3.8) is 0 Å². The fourth-order valence-corrected chi connectivity index (χ4v) is 3.08. The van der Waals surface area contributed by atoms with Crippen LogP contribution < -0.4 is 0 Å². The van der Waals surface area contributed by atoms with E-state index in [1.807, 2.05) is 0 Å². The molecule has 1 aliphatic carbocycles. The summed E-state index contributed by atoms with van der Waals surface area (Å²) in [4.78, 5) is 0. The number of hydrogen-bond donors (Lipinski definition) is 0. The van der Waals surface area contributed by atoms with Crippen molar-refractivity contribution in [2.45, 2.75) is 32.1 Å². The van der Waals surface area contributed by atoms with Gasteiger partial charge in [0.1, 0.15) is 0 Å². The van der Waals surface area contributed by atoms with Gasteiger partial charge in [0.05, 0.1) is 0 Å². The number of halogens is 6. The highest BCUT2D eigenvalue weighted by Crippen LogP contribution is 2.51. The van der Waals surface area contributed by atoms with Gasteiger partial charge < -0.3 is 0 Å². The number of aryl methyl sites for hydroxylation is 1. The van der Waals surface area contributed by atoms with Crippen LogP contribution in [0.5, 0.6) is 0 Å². The first-order valence-electron chi connectivity index (χ1n) is 8.34. The molecule has 0 bridgehead atoms. The zero-order valence-electron chi connectivity index (χ0n) is 14.6. The summed E-state index contributed by atoms with van der Waals surface area (Å²) in [6, 6.07) is 7.78. The number of allylic oxidation sites excluding steroid dienone is 4. The molecule has 2 aromatic carbocycles. The fourth-order valence-electron chi connectivity index (χ4n) is 3.08. The monoisotopic (exact) mass is 382 g/mol. The number of rotatable bonds is 3. The van der Waals surface area contributed by atoms with E-state index in [1.54, 1.807) is 0 Å². The van der Waals surface area contributed by atoms with Crippen molar-refractivity contribution < 1.29 is 26.3 Å². The second-order valence-corrected chi connectivity index (χ2v) is 6.41. The molecule has 0 N–H and O–H groups in total. The third-order valence-electron chi connectivity index (χ3n) is 4.75. The lowest BCUT2D eigenvalue weighted by Crippen LogP contribution is -2.44. The molecule has 2 aromatic rings. The molecular weight excluding hydrogens is 366 g/mol. The van der Waals surface area contributed by atoms with Crippen LogP contribution in [0, 0.1) is 18.6 Å². The van der Waals surface area contributed by atoms with Gasteiger partial charge >= 0.3 is 11.8 Å². The molecule has 1 aliphatic rings. The first kappa shape index (κ1) is 19.3. The SMILES string of the molecule is CCC1=CC=C(c2ccc(-c3ccc(C)c(F)c3F)cc2)C(F)(F)C1(F)F. The molecule has 27 heavy (non-hydrogen) atoms. The van der Waals surface area contributed by atoms with Crippen LogP contribution in [0.25, 0.3) is 16.7 Å². The quantitative estimate of drug-likeness (QED) is 0.504. The van der Waals surface area contributed by atoms with Crippen molar-refractivity contribution in [2.24, 2.45) is 0 Å². The molecule has 0 amide bonds. The maximum atomic E-state index is 14.4. The second-order valence-electron chi connectivity index (χ2n) is 6.41. The summed E-state index contributed by atoms with van der Waals surface area (Å²) in [5.74, 6) is -10.7. The molecule has 0 atom stereocenters. The van der Waals surface area contributed by atoms with Gasteiger partial charge in [0.25, 0.3) is 0 Å². The van der Waals surface area contributed by atoms with Gasteiger partial charge in [-0.2, -0.15) is 17.6 Å². The van der Waals surface area contributed by atoms with Crippen molar-refractivity contribution in [1.29, 1.82) is 0 Å². The minimum absolute atomic E-state index is 0.0347. The first-order valence-corrected chi connectivity index (χ1v) is 8.34. The van der Waals surface area contributed by atoms with Crippen molar-refractivity contribution in [3.8, 4) is 11.1 Å². The third kappa shape index (κ3) is 2.97. The lowest BCUT2D eigenvalue weighted by atomic mass is 9.85. The van der Waals surface area contributed by atoms with Gasteiger partial charge in [0.15, 0.2) is 11.6 Å². The second kappa shape index (κ2) is 6.59. The summed E-state index contributed by atoms with van der Waals surface area (Å²) in [7, 11) is 0. The summed E-state index contributed by atoms with van der Waals surface area (Å²) in [5.41, 5.74) is -1.20. The standard InChI is InChI=1S/C21H16F6/c1-3-15-9-11-17(21(26,27)20(15,24)25)14-7-5-13(6-8-14)16-10-4-12(2)18(22)19(16)23/h4-11H,3H2,1-2H3. The third-order valence-corrected chi connectivity index (χ3v) is 4.75. The number of hydrogen-bond acceptors (Lipinski definition) is 0. The predicted molar refractivity (Wildman–Crippen MR) is 92.8 cm³/mol. The van der Waals surface area contributed by atoms with E-state index >= 15 is 0 Å². The molecule has 0 saturated carbocycles. The summed E-state index contributed by atoms with van der Waals surface area (Å²) in [6.07, 6.45) is 1.80. The Balaban J connectivity index is 2.03. The van der Waals surface area contributed by atoms with Crippen LogP contribution in [0.4, 0.5) is 26.3 Å². The van der Waals surface area contributed by atoms with Crippen LogP contribution in [0.3, 0.4) is 0 Å². The molecule has 0 radical (unpaired) electrons. The zero-order chi connectivity index (χ0) is 20.0. The highest BCUT2D eigenvalue weighted by Gasteiger charge is 2.61. The molecule has 0 saturated heterocycles. The van der Waals surface area contributed by atoms with Gasteiger partial charge in [-0.15, -0.1) is 0 Å². The lowest BCUT2D eigenvalue weighted by molar-refractivity contribution is -0.149. The molecular formula is C21H16F6. The van der Waals surface area contributed by atoms with E-state index in [4.69, 9.17) is 0 Å². The molecule has 3 rings (SSSR count). The van der Waals surface area contributed by atoms with E-state index in [2.05, 4.69) is 0 Å². The van der Waals surface area contributed by atoms with Gasteiger partial charge in [-0.25, -0.2) is 8.78 Å². The Hall–Kier alpha value is -2.50. The Kier molecular flexibility index (Phi) is 4.70. The highest BCUT2D eigenvalue weighted by molar-refractivity contribution is 5.78. The lowest BCUT2D eigenvalue weighted by Gasteiger charge is -2.33. The summed E-state index contributed by atoms with van der Waals surface area (Å²) >= 11 is 0. The molecule has 0 nitrogen and oxygen atoms in total. The summed E-state index contributed by atoms with van der Waals surface area (Å²) in [5, 5.41) is 0. The Labute approximate surface area is 152 Å². The van der Waals surface area contributed by atoms with Gasteiger partial charge in [-0.3, -0.25) is 0 Å². The maximum Gasteiger partial charge on any atom is 0.339 e. The topological polar surface area (TPSA) is 0 Å². The Bertz CT molecular complexity index is 936. The molecule has 0 fully saturated rings. The summed E-state index contributed by atoms with van der Waals surface area (Å²) < 4.78 is 84.8. The van der Waals surface area contributed by atoms with Gasteiger partial charge in [-0.1, -0.05) is 55.5 Å². The van der Waals surface area contributed by atoms with E-state index in [0.717, 1.165) is 12.2 Å². The Morgan fingerprint density at radius 3 is 1.93 bits per heavy atom. The van der Waals surface area contributed by atoms with Gasteiger partial charge in [0, 0.05) is 16.7 Å². The van der Waals surface area contributed by atoms with Crippen LogP contribution in [0.1, 0.15) is 24.5 Å². The van der Waals surface area contributed by atoms with Crippen LogP contribution in [-0.2, 0) is 0 Å². The van der Waals surface area contributed by atoms with E-state index < -0.39 is 34.6 Å². The van der Waals surface area contributed by atoms with E-state index in [9.17, 15) is 26.3 Å². The minimum atomic E-state index is -4.37. The smallest absolute Gasteiger partial charge is 0.203 e. The van der Waals surface area contributed by atoms with E-state index in [-0.39, 0.29) is 28.7 Å². The number of alkyl halides is 4. The van der Waals surface area contributed by atoms with Crippen LogP contribution in [0.15, 0.2) is 54.1 Å². The van der Waals surface area contributed by atoms with Crippen molar-refractivity contribution in [1.82, 2.24) is 0 Å². The molecule has 0 heterocycles. The van der Waals surface area contributed by atoms with Crippen molar-refractivity contribution in [2.75, 3.05) is 0 Å². The molecule has 0 unspecified atom stereocenters. The molecule has 6 heteroatoms. The Morgan fingerprint density at radius 2 is 1.33 bits per heavy atom. The first-order chi connectivity index (χ1) is 12.6. The van der Waals surface area contributed by atoms with Crippen molar-refractivity contribution >= 4 is 5.57 Å². The fraction of sp³-hybridized carbons (Fsp3) is 0.238. The molecule has 0 spiro atoms. The van der Waals surface area contributed by atoms with Crippen molar-refractivity contribution in [3.05, 3.63) is 76.9 Å². The average Bonchev–Trinajstić information content (AvgIpc) is 2.62. The van der Waals surface area contributed by atoms with Gasteiger partial charge in [0.2, 0.25) is 0 Å². The predicted octanol–water partition coefficient (Wildman–Crippen LogP) is 6.94. The average molecular weight is 382 g/mol. The molecule has 0 aliphatic heterocycles. The number of benzene rings is 2. The summed E-state index contributed by atoms with van der Waals surface area (Å²) in [6.45, 7) is 2.81.